The molecule has 1 aromatic rings. The first-order valence-electron chi connectivity index (χ1n) is 8.17. The second kappa shape index (κ2) is 7.32. The van der Waals surface area contributed by atoms with E-state index in [2.05, 4.69) is 16.7 Å². The normalized spacial score (nSPS) is 17.6. The number of hydrogen-bond donors (Lipinski definition) is 2. The number of hydrogen-bond acceptors (Lipinski definition) is 4. The molecule has 5 nitrogen and oxygen atoms in total. The molecule has 128 valence electrons. The summed E-state index contributed by atoms with van der Waals surface area (Å²) >= 11 is 0. The van der Waals surface area contributed by atoms with Crippen molar-refractivity contribution in [3.63, 3.8) is 0 Å². The number of piperidine rings is 1. The van der Waals surface area contributed by atoms with Crippen molar-refractivity contribution in [3.05, 3.63) is 29.8 Å². The average molecular weight is 320 g/mol. The molecule has 1 aliphatic heterocycles. The van der Waals surface area contributed by atoms with Crippen LogP contribution in [0.5, 0.6) is 0 Å². The zero-order chi connectivity index (χ0) is 16.9. The number of methoxy groups -OCH3 is 1. The number of rotatable bonds is 4. The van der Waals surface area contributed by atoms with Crippen molar-refractivity contribution in [2.24, 2.45) is 0 Å². The predicted molar refractivity (Wildman–Crippen MR) is 91.8 cm³/mol. The van der Waals surface area contributed by atoms with Crippen molar-refractivity contribution in [1.29, 1.82) is 0 Å². The van der Waals surface area contributed by atoms with Crippen LogP contribution in [0.4, 0.5) is 10.5 Å². The molecule has 0 saturated carbocycles. The summed E-state index contributed by atoms with van der Waals surface area (Å²) in [6.45, 7) is 7.50. The molecule has 23 heavy (non-hydrogen) atoms. The van der Waals surface area contributed by atoms with Gasteiger partial charge in [0.25, 0.3) is 0 Å². The molecule has 2 N–H and O–H groups in total. The van der Waals surface area contributed by atoms with E-state index in [0.717, 1.165) is 43.6 Å². The van der Waals surface area contributed by atoms with Crippen LogP contribution in [0.15, 0.2) is 24.3 Å². The van der Waals surface area contributed by atoms with E-state index >= 15 is 0 Å². The first-order chi connectivity index (χ1) is 10.8. The zero-order valence-electron chi connectivity index (χ0n) is 14.6. The average Bonchev–Trinajstić information content (AvgIpc) is 2.46. The van der Waals surface area contributed by atoms with Crippen LogP contribution < -0.4 is 10.6 Å². The lowest BCUT2D eigenvalue weighted by atomic mass is 9.85. The maximum atomic E-state index is 11.9. The van der Waals surface area contributed by atoms with Crippen LogP contribution in [0, 0.1) is 0 Å². The smallest absolute Gasteiger partial charge is 0.412 e. The number of amides is 1. The number of carbonyl (C=O) groups excluding carboxylic acids is 1. The van der Waals surface area contributed by atoms with Gasteiger partial charge in [-0.2, -0.15) is 0 Å². The Morgan fingerprint density at radius 3 is 2.61 bits per heavy atom. The fraction of sp³-hybridized carbons (Fsp3) is 0.611. The highest BCUT2D eigenvalue weighted by Gasteiger charge is 2.32. The third-order valence-corrected chi connectivity index (χ3v) is 4.05. The Kier molecular flexibility index (Phi) is 5.65. The molecule has 0 spiro atoms. The largest absolute Gasteiger partial charge is 0.444 e. The molecule has 2 rings (SSSR count). The molecule has 0 unspecified atom stereocenters. The molecule has 1 saturated heterocycles. The van der Waals surface area contributed by atoms with Gasteiger partial charge in [0.1, 0.15) is 5.60 Å². The van der Waals surface area contributed by atoms with Crippen molar-refractivity contribution >= 4 is 11.8 Å². The van der Waals surface area contributed by atoms with E-state index in [1.807, 2.05) is 39.0 Å². The second-order valence-corrected chi connectivity index (χ2v) is 7.14. The highest BCUT2D eigenvalue weighted by molar-refractivity contribution is 5.84. The number of anilines is 1. The predicted octanol–water partition coefficient (Wildman–Crippen LogP) is 3.34. The zero-order valence-corrected chi connectivity index (χ0v) is 14.6. The lowest BCUT2D eigenvalue weighted by Gasteiger charge is -2.36. The molecule has 1 aliphatic rings. The summed E-state index contributed by atoms with van der Waals surface area (Å²) in [6.07, 6.45) is 2.40. The number of benzene rings is 1. The summed E-state index contributed by atoms with van der Waals surface area (Å²) in [5, 5.41) is 6.16. The van der Waals surface area contributed by atoms with E-state index in [1.165, 1.54) is 0 Å². The number of nitrogens with one attached hydrogen (secondary N) is 2. The SMILES string of the molecule is COC1(Cc2cccc(NC(=O)OC(C)(C)C)c2)CCNCC1. The minimum atomic E-state index is -0.503. The minimum absolute atomic E-state index is 0.115. The molecule has 5 heteroatoms. The molecule has 0 aromatic heterocycles. The third-order valence-electron chi connectivity index (χ3n) is 4.05. The number of ether oxygens (including phenoxy) is 2. The molecule has 0 radical (unpaired) electrons. The Morgan fingerprint density at radius 2 is 2.00 bits per heavy atom. The van der Waals surface area contributed by atoms with Gasteiger partial charge in [-0.25, -0.2) is 4.79 Å². The Hall–Kier alpha value is -1.59. The monoisotopic (exact) mass is 320 g/mol. The van der Waals surface area contributed by atoms with E-state index in [1.54, 1.807) is 7.11 Å². The van der Waals surface area contributed by atoms with Crippen LogP contribution in [0.25, 0.3) is 0 Å². The fourth-order valence-electron chi connectivity index (χ4n) is 2.89. The van der Waals surface area contributed by atoms with Gasteiger partial charge < -0.3 is 14.8 Å². The van der Waals surface area contributed by atoms with Gasteiger partial charge in [-0.15, -0.1) is 0 Å². The van der Waals surface area contributed by atoms with Gasteiger partial charge in [0.05, 0.1) is 5.60 Å². The summed E-state index contributed by atoms with van der Waals surface area (Å²) < 4.78 is 11.1. The van der Waals surface area contributed by atoms with Crippen LogP contribution in [-0.4, -0.2) is 37.5 Å². The molecular formula is C18H28N2O3. The van der Waals surface area contributed by atoms with Crippen molar-refractivity contribution in [2.45, 2.75) is 51.2 Å². The van der Waals surface area contributed by atoms with Crippen molar-refractivity contribution in [2.75, 3.05) is 25.5 Å². The van der Waals surface area contributed by atoms with Crippen molar-refractivity contribution in [1.82, 2.24) is 5.32 Å². The number of carbonyl (C=O) groups is 1. The van der Waals surface area contributed by atoms with Gasteiger partial charge in [0, 0.05) is 19.2 Å². The molecule has 0 aliphatic carbocycles. The third kappa shape index (κ3) is 5.52. The van der Waals surface area contributed by atoms with E-state index in [9.17, 15) is 4.79 Å². The molecule has 0 bridgehead atoms. The molecule has 1 amide bonds. The Morgan fingerprint density at radius 1 is 1.30 bits per heavy atom. The summed E-state index contributed by atoms with van der Waals surface area (Å²) in [5.74, 6) is 0. The van der Waals surface area contributed by atoms with E-state index < -0.39 is 11.7 Å². The van der Waals surface area contributed by atoms with Crippen LogP contribution in [-0.2, 0) is 15.9 Å². The molecular weight excluding hydrogens is 292 g/mol. The van der Waals surface area contributed by atoms with Crippen LogP contribution in [0.1, 0.15) is 39.2 Å². The standard InChI is InChI=1S/C18H28N2O3/c1-17(2,3)23-16(21)20-15-7-5-6-14(12-15)13-18(22-4)8-10-19-11-9-18/h5-7,12,19H,8-11,13H2,1-4H3,(H,20,21). The van der Waals surface area contributed by atoms with Gasteiger partial charge in [-0.05, 0) is 64.4 Å². The van der Waals surface area contributed by atoms with Crippen LogP contribution in [0.2, 0.25) is 0 Å². The lowest BCUT2D eigenvalue weighted by molar-refractivity contribution is -0.0333. The molecule has 1 aromatic carbocycles. The lowest BCUT2D eigenvalue weighted by Crippen LogP contribution is -2.44. The van der Waals surface area contributed by atoms with E-state index in [-0.39, 0.29) is 5.60 Å². The highest BCUT2D eigenvalue weighted by atomic mass is 16.6. The topological polar surface area (TPSA) is 59.6 Å². The fourth-order valence-corrected chi connectivity index (χ4v) is 2.89. The van der Waals surface area contributed by atoms with E-state index in [0.29, 0.717) is 0 Å². The molecule has 0 atom stereocenters. The van der Waals surface area contributed by atoms with Gasteiger partial charge >= 0.3 is 6.09 Å². The first kappa shape index (κ1) is 17.8. The highest BCUT2D eigenvalue weighted by Crippen LogP contribution is 2.28. The van der Waals surface area contributed by atoms with Crippen molar-refractivity contribution < 1.29 is 14.3 Å². The first-order valence-corrected chi connectivity index (χ1v) is 8.17. The van der Waals surface area contributed by atoms with Crippen molar-refractivity contribution in [3.8, 4) is 0 Å². The Labute approximate surface area is 138 Å². The quantitative estimate of drug-likeness (QED) is 0.893. The van der Waals surface area contributed by atoms with Crippen LogP contribution in [0.3, 0.4) is 0 Å². The summed E-state index contributed by atoms with van der Waals surface area (Å²) in [7, 11) is 1.79. The Balaban J connectivity index is 2.03. The molecule has 1 fully saturated rings. The Bertz CT molecular complexity index is 531. The summed E-state index contributed by atoms with van der Waals surface area (Å²) in [4.78, 5) is 11.9. The maximum Gasteiger partial charge on any atom is 0.412 e. The van der Waals surface area contributed by atoms with Gasteiger partial charge in [-0.1, -0.05) is 12.1 Å². The van der Waals surface area contributed by atoms with Gasteiger partial charge in [0.2, 0.25) is 0 Å². The van der Waals surface area contributed by atoms with E-state index in [4.69, 9.17) is 9.47 Å². The van der Waals surface area contributed by atoms with Gasteiger partial charge in [-0.3, -0.25) is 5.32 Å². The summed E-state index contributed by atoms with van der Waals surface area (Å²) in [6, 6.07) is 7.89. The van der Waals surface area contributed by atoms with Gasteiger partial charge in [0.15, 0.2) is 0 Å². The maximum absolute atomic E-state index is 11.9. The second-order valence-electron chi connectivity index (χ2n) is 7.14. The summed E-state index contributed by atoms with van der Waals surface area (Å²) in [5.41, 5.74) is 1.28. The van der Waals surface area contributed by atoms with Crippen LogP contribution >= 0.6 is 0 Å². The minimum Gasteiger partial charge on any atom is -0.444 e. The molecule has 1 heterocycles.